The van der Waals surface area contributed by atoms with Crippen molar-refractivity contribution >= 4 is 5.91 Å². The Morgan fingerprint density at radius 3 is 2.77 bits per heavy atom. The number of piperazine rings is 1. The molecule has 2 rings (SSSR count). The first kappa shape index (κ1) is 16.8. The van der Waals surface area contributed by atoms with Gasteiger partial charge in [0.2, 0.25) is 0 Å². The van der Waals surface area contributed by atoms with Gasteiger partial charge in [-0.2, -0.15) is 0 Å². The zero-order valence-electron chi connectivity index (χ0n) is 13.7. The highest BCUT2D eigenvalue weighted by Crippen LogP contribution is 2.16. The van der Waals surface area contributed by atoms with Crippen LogP contribution in [-0.4, -0.2) is 56.7 Å². The van der Waals surface area contributed by atoms with E-state index >= 15 is 0 Å². The van der Waals surface area contributed by atoms with Gasteiger partial charge in [0, 0.05) is 32.7 Å². The van der Waals surface area contributed by atoms with E-state index in [1.54, 1.807) is 0 Å². The average Bonchev–Trinajstić information content (AvgIpc) is 2.54. The Morgan fingerprint density at radius 2 is 2.05 bits per heavy atom. The van der Waals surface area contributed by atoms with Gasteiger partial charge in [0.15, 0.2) is 6.61 Å². The smallest absolute Gasteiger partial charge is 0.257 e. The lowest BCUT2D eigenvalue weighted by molar-refractivity contribution is -0.123. The Kier molecular flexibility index (Phi) is 6.68. The number of hydrogen-bond donors (Lipinski definition) is 2. The first-order valence-corrected chi connectivity index (χ1v) is 8.05. The van der Waals surface area contributed by atoms with E-state index in [2.05, 4.69) is 22.5 Å². The molecule has 1 aromatic rings. The quantitative estimate of drug-likeness (QED) is 0.741. The van der Waals surface area contributed by atoms with Gasteiger partial charge in [-0.1, -0.05) is 6.07 Å². The fourth-order valence-corrected chi connectivity index (χ4v) is 2.47. The number of ether oxygens (including phenoxy) is 1. The average molecular weight is 305 g/mol. The Morgan fingerprint density at radius 1 is 1.27 bits per heavy atom. The first-order valence-electron chi connectivity index (χ1n) is 8.05. The fraction of sp³-hybridized carbons (Fsp3) is 0.588. The van der Waals surface area contributed by atoms with Crippen molar-refractivity contribution in [2.45, 2.75) is 20.3 Å². The maximum Gasteiger partial charge on any atom is 0.257 e. The van der Waals surface area contributed by atoms with Gasteiger partial charge >= 0.3 is 0 Å². The number of carbonyl (C=O) groups excluding carboxylic acids is 1. The van der Waals surface area contributed by atoms with Crippen molar-refractivity contribution in [1.29, 1.82) is 0 Å². The molecule has 5 nitrogen and oxygen atoms in total. The molecular formula is C17H27N3O2. The van der Waals surface area contributed by atoms with Crippen molar-refractivity contribution in [2.24, 2.45) is 0 Å². The molecule has 0 unspecified atom stereocenters. The molecule has 1 aliphatic heterocycles. The highest BCUT2D eigenvalue weighted by atomic mass is 16.5. The maximum absolute atomic E-state index is 11.8. The van der Waals surface area contributed by atoms with E-state index in [1.807, 2.05) is 25.1 Å². The Hall–Kier alpha value is -1.59. The molecule has 0 aliphatic carbocycles. The summed E-state index contributed by atoms with van der Waals surface area (Å²) in [6, 6.07) is 5.88. The molecule has 1 amide bonds. The Bertz CT molecular complexity index is 485. The van der Waals surface area contributed by atoms with Gasteiger partial charge in [-0.15, -0.1) is 0 Å². The molecule has 1 heterocycles. The number of rotatable bonds is 7. The van der Waals surface area contributed by atoms with Gasteiger partial charge in [-0.25, -0.2) is 0 Å². The third kappa shape index (κ3) is 5.66. The number of nitrogens with one attached hydrogen (secondary N) is 2. The number of hydrogen-bond acceptors (Lipinski definition) is 4. The Labute approximate surface area is 133 Å². The van der Waals surface area contributed by atoms with E-state index in [4.69, 9.17) is 4.74 Å². The summed E-state index contributed by atoms with van der Waals surface area (Å²) >= 11 is 0. The summed E-state index contributed by atoms with van der Waals surface area (Å²) in [4.78, 5) is 14.2. The molecule has 0 saturated carbocycles. The molecule has 1 aromatic carbocycles. The SMILES string of the molecule is Cc1ccc(OCC(=O)NCCCN2CCNCC2)cc1C. The highest BCUT2D eigenvalue weighted by molar-refractivity contribution is 5.77. The van der Waals surface area contributed by atoms with Crippen LogP contribution in [0.25, 0.3) is 0 Å². The number of amides is 1. The largest absolute Gasteiger partial charge is 0.484 e. The molecule has 1 aliphatic rings. The fourth-order valence-electron chi connectivity index (χ4n) is 2.47. The predicted octanol–water partition coefficient (Wildman–Crippen LogP) is 1.09. The van der Waals surface area contributed by atoms with E-state index in [0.29, 0.717) is 6.54 Å². The van der Waals surface area contributed by atoms with Crippen molar-refractivity contribution < 1.29 is 9.53 Å². The standard InChI is InChI=1S/C17H27N3O2/c1-14-4-5-16(12-15(14)2)22-13-17(21)19-6-3-9-20-10-7-18-8-11-20/h4-5,12,18H,3,6-11,13H2,1-2H3,(H,19,21). The van der Waals surface area contributed by atoms with E-state index in [9.17, 15) is 4.79 Å². The molecule has 0 atom stereocenters. The molecule has 0 bridgehead atoms. The minimum Gasteiger partial charge on any atom is -0.484 e. The third-order valence-electron chi connectivity index (χ3n) is 4.03. The molecule has 0 spiro atoms. The number of carbonyl (C=O) groups is 1. The van der Waals surface area contributed by atoms with Gasteiger partial charge in [-0.05, 0) is 50.1 Å². The summed E-state index contributed by atoms with van der Waals surface area (Å²) in [6.07, 6.45) is 0.982. The van der Waals surface area contributed by atoms with Crippen LogP contribution in [0.3, 0.4) is 0 Å². The number of benzene rings is 1. The lowest BCUT2D eigenvalue weighted by atomic mass is 10.1. The van der Waals surface area contributed by atoms with Crippen LogP contribution in [-0.2, 0) is 4.79 Å². The van der Waals surface area contributed by atoms with E-state index < -0.39 is 0 Å². The maximum atomic E-state index is 11.8. The zero-order chi connectivity index (χ0) is 15.8. The van der Waals surface area contributed by atoms with Gasteiger partial charge in [0.1, 0.15) is 5.75 Å². The van der Waals surface area contributed by atoms with Gasteiger partial charge < -0.3 is 20.3 Å². The van der Waals surface area contributed by atoms with Gasteiger partial charge in [0.25, 0.3) is 5.91 Å². The Balaban J connectivity index is 1.58. The van der Waals surface area contributed by atoms with Crippen LogP contribution in [0.1, 0.15) is 17.5 Å². The van der Waals surface area contributed by atoms with Gasteiger partial charge in [0.05, 0.1) is 0 Å². The highest BCUT2D eigenvalue weighted by Gasteiger charge is 2.09. The van der Waals surface area contributed by atoms with Crippen molar-refractivity contribution in [3.05, 3.63) is 29.3 Å². The van der Waals surface area contributed by atoms with Crippen LogP contribution in [0, 0.1) is 13.8 Å². The van der Waals surface area contributed by atoms with Crippen LogP contribution >= 0.6 is 0 Å². The summed E-state index contributed by atoms with van der Waals surface area (Å²) in [6.45, 7) is 10.3. The molecule has 2 N–H and O–H groups in total. The lowest BCUT2D eigenvalue weighted by Gasteiger charge is -2.27. The van der Waals surface area contributed by atoms with Crippen molar-refractivity contribution in [1.82, 2.24) is 15.5 Å². The van der Waals surface area contributed by atoms with Crippen LogP contribution in [0.15, 0.2) is 18.2 Å². The third-order valence-corrected chi connectivity index (χ3v) is 4.03. The molecule has 1 saturated heterocycles. The predicted molar refractivity (Wildman–Crippen MR) is 88.3 cm³/mol. The molecule has 0 aromatic heterocycles. The minimum atomic E-state index is -0.0569. The molecule has 5 heteroatoms. The molecule has 0 radical (unpaired) electrons. The monoisotopic (exact) mass is 305 g/mol. The number of aryl methyl sites for hydroxylation is 2. The first-order chi connectivity index (χ1) is 10.6. The van der Waals surface area contributed by atoms with Crippen LogP contribution in [0.5, 0.6) is 5.75 Å². The van der Waals surface area contributed by atoms with Crippen LogP contribution in [0.2, 0.25) is 0 Å². The minimum absolute atomic E-state index is 0.0569. The van der Waals surface area contributed by atoms with Crippen molar-refractivity contribution in [3.63, 3.8) is 0 Å². The summed E-state index contributed by atoms with van der Waals surface area (Å²) < 4.78 is 5.52. The second-order valence-electron chi connectivity index (χ2n) is 5.83. The molecule has 122 valence electrons. The summed E-state index contributed by atoms with van der Waals surface area (Å²) in [5, 5.41) is 6.25. The zero-order valence-corrected chi connectivity index (χ0v) is 13.7. The topological polar surface area (TPSA) is 53.6 Å². The van der Waals surface area contributed by atoms with Crippen LogP contribution in [0.4, 0.5) is 0 Å². The second kappa shape index (κ2) is 8.76. The van der Waals surface area contributed by atoms with E-state index in [-0.39, 0.29) is 12.5 Å². The van der Waals surface area contributed by atoms with E-state index in [0.717, 1.165) is 44.9 Å². The summed E-state index contributed by atoms with van der Waals surface area (Å²) in [7, 11) is 0. The van der Waals surface area contributed by atoms with Crippen molar-refractivity contribution in [2.75, 3.05) is 45.9 Å². The second-order valence-corrected chi connectivity index (χ2v) is 5.83. The normalized spacial score (nSPS) is 15.5. The molecule has 22 heavy (non-hydrogen) atoms. The summed E-state index contributed by atoms with van der Waals surface area (Å²) in [5.74, 6) is 0.692. The molecular weight excluding hydrogens is 278 g/mol. The van der Waals surface area contributed by atoms with Crippen LogP contribution < -0.4 is 15.4 Å². The summed E-state index contributed by atoms with van der Waals surface area (Å²) in [5.41, 5.74) is 2.40. The van der Waals surface area contributed by atoms with E-state index in [1.165, 1.54) is 11.1 Å². The van der Waals surface area contributed by atoms with Crippen molar-refractivity contribution in [3.8, 4) is 5.75 Å². The van der Waals surface area contributed by atoms with Gasteiger partial charge in [-0.3, -0.25) is 4.79 Å². The molecule has 1 fully saturated rings. The number of nitrogens with zero attached hydrogens (tertiary/aromatic N) is 1. The lowest BCUT2D eigenvalue weighted by Crippen LogP contribution is -2.44.